The van der Waals surface area contributed by atoms with Gasteiger partial charge in [-0.2, -0.15) is 4.31 Å². The summed E-state index contributed by atoms with van der Waals surface area (Å²) >= 11 is 11.6. The predicted molar refractivity (Wildman–Crippen MR) is 100 cm³/mol. The topological polar surface area (TPSA) is 93.1 Å². The van der Waals surface area contributed by atoms with Gasteiger partial charge in [-0.3, -0.25) is 4.79 Å². The van der Waals surface area contributed by atoms with Crippen molar-refractivity contribution in [3.8, 4) is 5.75 Å². The van der Waals surface area contributed by atoms with Crippen LogP contribution in [0, 0.1) is 4.91 Å². The Morgan fingerprint density at radius 3 is 2.15 bits per heavy atom. The summed E-state index contributed by atoms with van der Waals surface area (Å²) in [5.74, 6) is -0.588. The first-order chi connectivity index (χ1) is 12.8. The molecular formula is C17H14Cl2N2O5S. The third-order valence-corrected chi connectivity index (χ3v) is 6.52. The zero-order valence-corrected chi connectivity index (χ0v) is 16.1. The zero-order chi connectivity index (χ0) is 19.6. The van der Waals surface area contributed by atoms with Gasteiger partial charge in [0.1, 0.15) is 17.9 Å². The lowest BCUT2D eigenvalue weighted by Crippen LogP contribution is -2.40. The minimum atomic E-state index is -4.04. The smallest absolute Gasteiger partial charge is 0.304 e. The molecule has 2 atom stereocenters. The molecule has 1 heterocycles. The first kappa shape index (κ1) is 19.8. The van der Waals surface area contributed by atoms with E-state index in [-0.39, 0.29) is 17.9 Å². The molecule has 27 heavy (non-hydrogen) atoms. The number of halogens is 2. The van der Waals surface area contributed by atoms with Crippen LogP contribution in [0.2, 0.25) is 10.0 Å². The first-order valence-electron chi connectivity index (χ1n) is 7.88. The second kappa shape index (κ2) is 7.93. The molecule has 1 fully saturated rings. The molecule has 2 aromatic carbocycles. The van der Waals surface area contributed by atoms with Crippen LogP contribution in [-0.2, 0) is 14.8 Å². The lowest BCUT2D eigenvalue weighted by atomic mass is 10.2. The van der Waals surface area contributed by atoms with Gasteiger partial charge in [0.2, 0.25) is 10.0 Å². The van der Waals surface area contributed by atoms with E-state index in [2.05, 4.69) is 5.18 Å². The van der Waals surface area contributed by atoms with E-state index in [4.69, 9.17) is 27.9 Å². The molecule has 1 aliphatic heterocycles. The number of sulfonamides is 1. The van der Waals surface area contributed by atoms with Gasteiger partial charge in [0, 0.05) is 21.6 Å². The average molecular weight is 429 g/mol. The molecule has 142 valence electrons. The summed E-state index contributed by atoms with van der Waals surface area (Å²) in [5.41, 5.74) is 0. The van der Waals surface area contributed by atoms with E-state index in [0.717, 1.165) is 4.31 Å². The van der Waals surface area contributed by atoms with E-state index >= 15 is 0 Å². The van der Waals surface area contributed by atoms with E-state index < -0.39 is 28.1 Å². The van der Waals surface area contributed by atoms with Gasteiger partial charge >= 0.3 is 5.91 Å². The maximum atomic E-state index is 12.9. The second-order valence-electron chi connectivity index (χ2n) is 5.90. The molecule has 10 heteroatoms. The first-order valence-corrected chi connectivity index (χ1v) is 10.1. The fourth-order valence-corrected chi connectivity index (χ4v) is 4.73. The molecule has 0 spiro atoms. The number of carbonyl (C=O) groups excluding carboxylic acids is 1. The molecule has 0 aliphatic carbocycles. The van der Waals surface area contributed by atoms with E-state index in [1.165, 1.54) is 24.3 Å². The summed E-state index contributed by atoms with van der Waals surface area (Å²) in [5, 5.41) is 3.31. The molecule has 1 saturated heterocycles. The quantitative estimate of drug-likeness (QED) is 0.679. The van der Waals surface area contributed by atoms with Gasteiger partial charge in [-0.15, -0.1) is 4.91 Å². The molecule has 0 saturated carbocycles. The number of benzene rings is 2. The third-order valence-electron chi connectivity index (χ3n) is 4.13. The summed E-state index contributed by atoms with van der Waals surface area (Å²) in [4.78, 5) is 22.6. The average Bonchev–Trinajstić information content (AvgIpc) is 3.08. The number of rotatable bonds is 5. The van der Waals surface area contributed by atoms with Gasteiger partial charge in [-0.1, -0.05) is 23.2 Å². The fourth-order valence-electron chi connectivity index (χ4n) is 2.85. The summed E-state index contributed by atoms with van der Waals surface area (Å²) in [7, 11) is -4.04. The lowest BCUT2D eigenvalue weighted by molar-refractivity contribution is -0.121. The van der Waals surface area contributed by atoms with Crippen molar-refractivity contribution in [2.75, 3.05) is 6.54 Å². The highest BCUT2D eigenvalue weighted by Crippen LogP contribution is 2.30. The van der Waals surface area contributed by atoms with Gasteiger partial charge in [0.25, 0.3) is 0 Å². The zero-order valence-electron chi connectivity index (χ0n) is 13.8. The summed E-state index contributed by atoms with van der Waals surface area (Å²) < 4.78 is 32.6. The Labute approximate surface area is 165 Å². The van der Waals surface area contributed by atoms with Crippen LogP contribution >= 0.6 is 23.2 Å². The summed E-state index contributed by atoms with van der Waals surface area (Å²) in [6.45, 7) is -0.0977. The number of hydrogen-bond donors (Lipinski definition) is 0. The maximum Gasteiger partial charge on any atom is 0.304 e. The van der Waals surface area contributed by atoms with Crippen LogP contribution in [0.5, 0.6) is 5.75 Å². The SMILES string of the molecule is O=NC(=O)[C@@H]1C[C@@H](Oc2ccc(Cl)cc2)CN1S(=O)(=O)c1ccc(Cl)cc1. The number of hydrogen-bond acceptors (Lipinski definition) is 5. The molecule has 0 unspecified atom stereocenters. The monoisotopic (exact) mass is 428 g/mol. The Hall–Kier alpha value is -2.00. The van der Waals surface area contributed by atoms with Crippen molar-refractivity contribution in [1.82, 2.24) is 4.31 Å². The maximum absolute atomic E-state index is 12.9. The van der Waals surface area contributed by atoms with E-state index in [1.807, 2.05) is 0 Å². The van der Waals surface area contributed by atoms with Crippen LogP contribution in [-0.4, -0.2) is 37.3 Å². The van der Waals surface area contributed by atoms with Crippen molar-refractivity contribution in [1.29, 1.82) is 0 Å². The molecule has 7 nitrogen and oxygen atoms in total. The van der Waals surface area contributed by atoms with Gasteiger partial charge in [0.15, 0.2) is 0 Å². The lowest BCUT2D eigenvalue weighted by Gasteiger charge is -2.20. The van der Waals surface area contributed by atoms with Crippen LogP contribution in [0.4, 0.5) is 0 Å². The molecule has 1 aliphatic rings. The standard InChI is InChI=1S/C17H14Cl2N2O5S/c18-11-1-5-13(6-2-11)26-14-9-16(17(22)20-23)21(10-14)27(24,25)15-7-3-12(19)4-8-15/h1-8,14,16H,9-10H2/t14-,16+/m1/s1. The Balaban J connectivity index is 1.87. The molecule has 0 radical (unpaired) electrons. The van der Waals surface area contributed by atoms with Crippen molar-refractivity contribution in [2.24, 2.45) is 5.18 Å². The number of ether oxygens (including phenoxy) is 1. The second-order valence-corrected chi connectivity index (χ2v) is 8.67. The van der Waals surface area contributed by atoms with Crippen LogP contribution in [0.25, 0.3) is 0 Å². The van der Waals surface area contributed by atoms with Gasteiger partial charge in [0.05, 0.1) is 11.4 Å². The largest absolute Gasteiger partial charge is 0.489 e. The number of amides is 1. The molecule has 0 aromatic heterocycles. The molecule has 0 bridgehead atoms. The number of nitrogens with zero attached hydrogens (tertiary/aromatic N) is 2. The van der Waals surface area contributed by atoms with Crippen molar-refractivity contribution in [2.45, 2.75) is 23.5 Å². The fraction of sp³-hybridized carbons (Fsp3) is 0.235. The Morgan fingerprint density at radius 2 is 1.59 bits per heavy atom. The molecule has 2 aromatic rings. The molecule has 0 N–H and O–H groups in total. The summed E-state index contributed by atoms with van der Waals surface area (Å²) in [6, 6.07) is 10.8. The Bertz CT molecular complexity index is 948. The van der Waals surface area contributed by atoms with Crippen LogP contribution in [0.3, 0.4) is 0 Å². The summed E-state index contributed by atoms with van der Waals surface area (Å²) in [6.07, 6.45) is -0.607. The predicted octanol–water partition coefficient (Wildman–Crippen LogP) is 3.50. The molecular weight excluding hydrogens is 415 g/mol. The third kappa shape index (κ3) is 4.30. The Kier molecular flexibility index (Phi) is 5.81. The molecule has 1 amide bonds. The van der Waals surface area contributed by atoms with Gasteiger partial charge in [-0.25, -0.2) is 8.42 Å². The van der Waals surface area contributed by atoms with Crippen LogP contribution in [0.1, 0.15) is 6.42 Å². The highest BCUT2D eigenvalue weighted by molar-refractivity contribution is 7.89. The van der Waals surface area contributed by atoms with E-state index in [0.29, 0.717) is 15.8 Å². The number of nitroso groups, excluding NO2 is 1. The van der Waals surface area contributed by atoms with E-state index in [1.54, 1.807) is 24.3 Å². The number of carbonyl (C=O) groups is 1. The minimum Gasteiger partial charge on any atom is -0.489 e. The van der Waals surface area contributed by atoms with Crippen molar-refractivity contribution >= 4 is 39.1 Å². The normalized spacial score (nSPS) is 20.4. The highest BCUT2D eigenvalue weighted by atomic mass is 35.5. The van der Waals surface area contributed by atoms with Gasteiger partial charge in [-0.05, 0) is 48.5 Å². The molecule has 3 rings (SSSR count). The highest BCUT2D eigenvalue weighted by Gasteiger charge is 2.45. The van der Waals surface area contributed by atoms with Crippen molar-refractivity contribution in [3.63, 3.8) is 0 Å². The van der Waals surface area contributed by atoms with Crippen LogP contribution < -0.4 is 4.74 Å². The minimum absolute atomic E-state index is 0.0139. The Morgan fingerprint density at radius 1 is 1.04 bits per heavy atom. The van der Waals surface area contributed by atoms with Crippen molar-refractivity contribution in [3.05, 3.63) is 63.5 Å². The van der Waals surface area contributed by atoms with E-state index in [9.17, 15) is 18.1 Å². The van der Waals surface area contributed by atoms with Crippen molar-refractivity contribution < 1.29 is 17.9 Å². The van der Waals surface area contributed by atoms with Crippen LogP contribution in [0.15, 0.2) is 58.6 Å². The van der Waals surface area contributed by atoms with Gasteiger partial charge < -0.3 is 4.74 Å².